The van der Waals surface area contributed by atoms with Gasteiger partial charge in [-0.1, -0.05) is 13.0 Å². The van der Waals surface area contributed by atoms with E-state index in [0.29, 0.717) is 30.9 Å². The first kappa shape index (κ1) is 25.2. The van der Waals surface area contributed by atoms with E-state index in [1.54, 1.807) is 24.3 Å². The van der Waals surface area contributed by atoms with E-state index in [1.807, 2.05) is 18.2 Å². The first-order chi connectivity index (χ1) is 17.0. The molecule has 0 spiro atoms. The number of piperazine rings is 1. The summed E-state index contributed by atoms with van der Waals surface area (Å²) in [5.41, 5.74) is 7.36. The first-order valence-corrected chi connectivity index (χ1v) is 12.5. The highest BCUT2D eigenvalue weighted by Crippen LogP contribution is 2.28. The molecule has 2 heterocycles. The predicted octanol–water partition coefficient (Wildman–Crippen LogP) is 1.77. The van der Waals surface area contributed by atoms with Gasteiger partial charge in [-0.25, -0.2) is 9.59 Å². The van der Waals surface area contributed by atoms with Gasteiger partial charge in [0.05, 0.1) is 12.8 Å². The molecular formula is C25H37N7O3. The highest BCUT2D eigenvalue weighted by atomic mass is 16.5. The minimum absolute atomic E-state index is 0.240. The maximum atomic E-state index is 12.8. The number of benzene rings is 1. The van der Waals surface area contributed by atoms with Gasteiger partial charge in [-0.05, 0) is 44.4 Å². The van der Waals surface area contributed by atoms with Crippen LogP contribution in [0.25, 0.3) is 5.69 Å². The molecule has 35 heavy (non-hydrogen) atoms. The molecule has 10 nitrogen and oxygen atoms in total. The second kappa shape index (κ2) is 11.7. The molecule has 4 rings (SSSR count). The Morgan fingerprint density at radius 1 is 1.23 bits per heavy atom. The first-order valence-electron chi connectivity index (χ1n) is 12.5. The van der Waals surface area contributed by atoms with Gasteiger partial charge in [-0.3, -0.25) is 14.8 Å². The lowest BCUT2D eigenvalue weighted by atomic mass is 9.90. The number of methoxy groups -OCH3 is 1. The lowest BCUT2D eigenvalue weighted by molar-refractivity contribution is 0.148. The normalized spacial score (nSPS) is 20.6. The van der Waals surface area contributed by atoms with E-state index in [1.165, 1.54) is 4.57 Å². The summed E-state index contributed by atoms with van der Waals surface area (Å²) in [5.74, 6) is 0.973. The summed E-state index contributed by atoms with van der Waals surface area (Å²) < 4.78 is 7.14. The number of hydrogen-bond acceptors (Lipinski definition) is 7. The van der Waals surface area contributed by atoms with Crippen molar-refractivity contribution < 1.29 is 9.53 Å². The van der Waals surface area contributed by atoms with Crippen LogP contribution in [0.4, 0.5) is 10.6 Å². The van der Waals surface area contributed by atoms with Gasteiger partial charge in [0.2, 0.25) is 0 Å². The number of nitrogens with two attached hydrogens (primary N) is 1. The molecule has 190 valence electrons. The number of nitrogens with one attached hydrogen (secondary N) is 2. The number of anilines is 1. The summed E-state index contributed by atoms with van der Waals surface area (Å²) in [7, 11) is 1.65. The molecule has 0 atom stereocenters. The zero-order valence-electron chi connectivity index (χ0n) is 20.7. The Kier molecular flexibility index (Phi) is 8.37. The van der Waals surface area contributed by atoms with E-state index in [9.17, 15) is 9.59 Å². The molecular weight excluding hydrogens is 446 g/mol. The molecule has 4 N–H and O–H groups in total. The van der Waals surface area contributed by atoms with Crippen molar-refractivity contribution >= 4 is 11.8 Å². The standard InChI is InChI=1S/C25H37N7O3/c1-3-30(20-8-5-19(26)6-9-20)17-18-4-7-21(16-22(18)35-2)32-13-10-23(29-25(32)34)28-24(33)31-14-11-27-12-15-31/h4,7,10,13,16,19-20,27H,3,5-6,8-9,11-12,14-15,17,26H2,1-2H3,(H,28,29,33,34)/t19-,20-. The van der Waals surface area contributed by atoms with Crippen molar-refractivity contribution in [3.63, 3.8) is 0 Å². The molecule has 2 amide bonds. The zero-order valence-corrected chi connectivity index (χ0v) is 20.7. The fourth-order valence-electron chi connectivity index (χ4n) is 4.92. The minimum Gasteiger partial charge on any atom is -0.496 e. The summed E-state index contributed by atoms with van der Waals surface area (Å²) in [5, 5.41) is 5.93. The monoisotopic (exact) mass is 483 g/mol. The topological polar surface area (TPSA) is 118 Å². The van der Waals surface area contributed by atoms with Gasteiger partial charge < -0.3 is 20.7 Å². The molecule has 1 aliphatic carbocycles. The summed E-state index contributed by atoms with van der Waals surface area (Å²) in [6.45, 7) is 6.68. The van der Waals surface area contributed by atoms with Crippen LogP contribution in [0.5, 0.6) is 5.75 Å². The van der Waals surface area contributed by atoms with Crippen LogP contribution in [0.15, 0.2) is 35.3 Å². The number of aromatic nitrogens is 2. The van der Waals surface area contributed by atoms with Crippen molar-refractivity contribution in [1.82, 2.24) is 24.7 Å². The number of hydrogen-bond donors (Lipinski definition) is 3. The number of rotatable bonds is 7. The number of urea groups is 1. The number of ether oxygens (including phenoxy) is 1. The maximum Gasteiger partial charge on any atom is 0.354 e. The van der Waals surface area contributed by atoms with Crippen LogP contribution in [-0.4, -0.2) is 77.3 Å². The number of amides is 2. The van der Waals surface area contributed by atoms with Crippen molar-refractivity contribution in [3.8, 4) is 11.4 Å². The van der Waals surface area contributed by atoms with Crippen LogP contribution in [0, 0.1) is 0 Å². The Labute approximate surface area is 206 Å². The molecule has 1 aromatic heterocycles. The SMILES string of the molecule is CCN(Cc1ccc(-n2ccc(NC(=O)N3CCNCC3)nc2=O)cc1OC)[C@H]1CC[C@H](N)CC1. The molecule has 2 aliphatic rings. The van der Waals surface area contributed by atoms with Crippen LogP contribution in [-0.2, 0) is 6.54 Å². The smallest absolute Gasteiger partial charge is 0.354 e. The molecule has 2 fully saturated rings. The van der Waals surface area contributed by atoms with Crippen LogP contribution >= 0.6 is 0 Å². The fraction of sp³-hybridized carbons (Fsp3) is 0.560. The lowest BCUT2D eigenvalue weighted by Crippen LogP contribution is -2.48. The number of carbonyl (C=O) groups excluding carboxylic acids is 1. The molecule has 0 unspecified atom stereocenters. The fourth-order valence-corrected chi connectivity index (χ4v) is 4.92. The molecule has 2 aromatic rings. The average Bonchev–Trinajstić information content (AvgIpc) is 2.88. The number of carbonyl (C=O) groups is 1. The average molecular weight is 484 g/mol. The second-order valence-electron chi connectivity index (χ2n) is 9.26. The quantitative estimate of drug-likeness (QED) is 0.549. The van der Waals surface area contributed by atoms with Crippen LogP contribution in [0.2, 0.25) is 0 Å². The predicted molar refractivity (Wildman–Crippen MR) is 136 cm³/mol. The Morgan fingerprint density at radius 3 is 2.63 bits per heavy atom. The summed E-state index contributed by atoms with van der Waals surface area (Å²) in [4.78, 5) is 33.4. The van der Waals surface area contributed by atoms with Crippen LogP contribution in [0.3, 0.4) is 0 Å². The highest BCUT2D eigenvalue weighted by molar-refractivity contribution is 5.88. The maximum absolute atomic E-state index is 12.8. The van der Waals surface area contributed by atoms with Gasteiger partial charge in [0.25, 0.3) is 0 Å². The molecule has 1 saturated heterocycles. The van der Waals surface area contributed by atoms with Gasteiger partial charge in [0.1, 0.15) is 11.6 Å². The van der Waals surface area contributed by atoms with Gasteiger partial charge in [0.15, 0.2) is 0 Å². The largest absolute Gasteiger partial charge is 0.496 e. The van der Waals surface area contributed by atoms with Crippen LogP contribution < -0.4 is 26.8 Å². The third-order valence-corrected chi connectivity index (χ3v) is 7.03. The Morgan fingerprint density at radius 2 is 1.97 bits per heavy atom. The molecule has 1 aromatic carbocycles. The van der Waals surface area contributed by atoms with Crippen molar-refractivity contribution in [1.29, 1.82) is 0 Å². The van der Waals surface area contributed by atoms with E-state index in [2.05, 4.69) is 27.4 Å². The van der Waals surface area contributed by atoms with Gasteiger partial charge in [-0.15, -0.1) is 0 Å². The Bertz CT molecular complexity index is 1060. The van der Waals surface area contributed by atoms with E-state index in [4.69, 9.17) is 10.5 Å². The molecule has 0 radical (unpaired) electrons. The third-order valence-electron chi connectivity index (χ3n) is 7.03. The highest BCUT2D eigenvalue weighted by Gasteiger charge is 2.24. The lowest BCUT2D eigenvalue weighted by Gasteiger charge is -2.35. The molecule has 1 saturated carbocycles. The van der Waals surface area contributed by atoms with E-state index >= 15 is 0 Å². The van der Waals surface area contributed by atoms with Crippen molar-refractivity contribution in [2.45, 2.75) is 51.2 Å². The molecule has 1 aliphatic heterocycles. The van der Waals surface area contributed by atoms with E-state index in [-0.39, 0.29) is 11.8 Å². The zero-order chi connectivity index (χ0) is 24.8. The summed E-state index contributed by atoms with van der Waals surface area (Å²) in [6, 6.07) is 8.02. The van der Waals surface area contributed by atoms with Crippen molar-refractivity contribution in [2.24, 2.45) is 5.73 Å². The third kappa shape index (κ3) is 6.19. The van der Waals surface area contributed by atoms with E-state index in [0.717, 1.165) is 63.2 Å². The Hall–Kier alpha value is -2.95. The summed E-state index contributed by atoms with van der Waals surface area (Å²) >= 11 is 0. The minimum atomic E-state index is -0.466. The summed E-state index contributed by atoms with van der Waals surface area (Å²) in [6.07, 6.45) is 6.00. The van der Waals surface area contributed by atoms with Crippen molar-refractivity contribution in [2.75, 3.05) is 45.2 Å². The van der Waals surface area contributed by atoms with Gasteiger partial charge in [-0.2, -0.15) is 4.98 Å². The molecule has 10 heteroatoms. The van der Waals surface area contributed by atoms with Gasteiger partial charge in [0, 0.05) is 62.6 Å². The second-order valence-corrected chi connectivity index (χ2v) is 9.26. The Balaban J connectivity index is 1.47. The van der Waals surface area contributed by atoms with E-state index < -0.39 is 5.69 Å². The number of nitrogens with zero attached hydrogens (tertiary/aromatic N) is 4. The van der Waals surface area contributed by atoms with Gasteiger partial charge >= 0.3 is 11.7 Å². The molecule has 0 bridgehead atoms. The van der Waals surface area contributed by atoms with Crippen molar-refractivity contribution in [3.05, 3.63) is 46.5 Å². The van der Waals surface area contributed by atoms with Crippen LogP contribution in [0.1, 0.15) is 38.2 Å².